The molecule has 0 amide bonds. The van der Waals surface area contributed by atoms with Gasteiger partial charge in [-0.15, -0.1) is 11.6 Å². The average molecular weight is 251 g/mol. The van der Waals surface area contributed by atoms with Crippen LogP contribution in [0.5, 0.6) is 0 Å². The van der Waals surface area contributed by atoms with E-state index < -0.39 is 20.4 Å². The van der Waals surface area contributed by atoms with E-state index in [1.807, 2.05) is 0 Å². The molecule has 0 aliphatic heterocycles. The largest absolute Gasteiger partial charge is 0.325 e. The molecule has 0 aromatic carbocycles. The monoisotopic (exact) mass is 250 g/mol. The zero-order valence-corrected chi connectivity index (χ0v) is 9.68. The second kappa shape index (κ2) is 4.76. The van der Waals surface area contributed by atoms with Gasteiger partial charge in [-0.25, -0.2) is 13.4 Å². The number of aromatic amines is 1. The van der Waals surface area contributed by atoms with E-state index in [-0.39, 0.29) is 17.6 Å². The number of sulfone groups is 1. The Labute approximate surface area is 92.4 Å². The lowest BCUT2D eigenvalue weighted by atomic mass is 10.3. The van der Waals surface area contributed by atoms with Crippen molar-refractivity contribution in [3.63, 3.8) is 0 Å². The minimum absolute atomic E-state index is 0.170. The molecule has 1 atom stereocenters. The predicted molar refractivity (Wildman–Crippen MR) is 56.8 cm³/mol. The van der Waals surface area contributed by atoms with Crippen LogP contribution in [0.1, 0.15) is 6.92 Å². The maximum absolute atomic E-state index is 11.7. The fourth-order valence-corrected chi connectivity index (χ4v) is 2.88. The molecule has 84 valence electrons. The Morgan fingerprint density at radius 3 is 2.80 bits per heavy atom. The molecule has 0 bridgehead atoms. The molecular weight excluding hydrogens is 240 g/mol. The number of aromatic nitrogens is 2. The Morgan fingerprint density at radius 1 is 1.60 bits per heavy atom. The van der Waals surface area contributed by atoms with Crippen molar-refractivity contribution >= 4 is 21.4 Å². The van der Waals surface area contributed by atoms with E-state index >= 15 is 0 Å². The number of hydrogen-bond acceptors (Lipinski definition) is 4. The van der Waals surface area contributed by atoms with Gasteiger partial charge in [-0.3, -0.25) is 4.79 Å². The molecule has 1 unspecified atom stereocenters. The first kappa shape index (κ1) is 12.2. The smallest absolute Gasteiger partial charge is 0.285 e. The zero-order valence-electron chi connectivity index (χ0n) is 8.10. The fraction of sp³-hybridized carbons (Fsp3) is 0.500. The summed E-state index contributed by atoms with van der Waals surface area (Å²) in [6.45, 7) is 1.70. The molecule has 0 radical (unpaired) electrons. The van der Waals surface area contributed by atoms with E-state index in [4.69, 9.17) is 11.6 Å². The Bertz CT molecular complexity index is 483. The highest BCUT2D eigenvalue weighted by Gasteiger charge is 2.22. The predicted octanol–water partition coefficient (Wildman–Crippen LogP) is 0.419. The van der Waals surface area contributed by atoms with Gasteiger partial charge in [-0.05, 0) is 5.92 Å². The molecule has 0 aliphatic rings. The highest BCUT2D eigenvalue weighted by molar-refractivity contribution is 7.91. The number of rotatable bonds is 4. The van der Waals surface area contributed by atoms with Crippen LogP contribution in [-0.2, 0) is 9.84 Å². The average Bonchev–Trinajstić information content (AvgIpc) is 2.17. The van der Waals surface area contributed by atoms with Gasteiger partial charge in [0.1, 0.15) is 0 Å². The molecule has 0 saturated heterocycles. The van der Waals surface area contributed by atoms with Crippen LogP contribution in [0.15, 0.2) is 22.2 Å². The highest BCUT2D eigenvalue weighted by atomic mass is 35.5. The maximum Gasteiger partial charge on any atom is 0.285 e. The lowest BCUT2D eigenvalue weighted by Gasteiger charge is -2.06. The standard InChI is InChI=1S/C8H11ClN2O3S/c1-6(4-9)5-15(13,14)8-7(12)10-2-3-11-8/h2-3,6H,4-5H2,1H3,(H,10,12). The van der Waals surface area contributed by atoms with Gasteiger partial charge in [0, 0.05) is 18.3 Å². The van der Waals surface area contributed by atoms with Gasteiger partial charge in [0.15, 0.2) is 0 Å². The summed E-state index contributed by atoms with van der Waals surface area (Å²) < 4.78 is 23.4. The molecule has 1 aromatic heterocycles. The first-order valence-electron chi connectivity index (χ1n) is 4.30. The minimum Gasteiger partial charge on any atom is -0.325 e. The van der Waals surface area contributed by atoms with Crippen molar-refractivity contribution in [3.05, 3.63) is 22.7 Å². The molecule has 0 fully saturated rings. The van der Waals surface area contributed by atoms with Crippen LogP contribution in [0.25, 0.3) is 0 Å². The van der Waals surface area contributed by atoms with Crippen LogP contribution in [0, 0.1) is 5.92 Å². The van der Waals surface area contributed by atoms with E-state index in [1.165, 1.54) is 12.4 Å². The third-order valence-electron chi connectivity index (χ3n) is 1.74. The van der Waals surface area contributed by atoms with E-state index in [2.05, 4.69) is 9.97 Å². The molecule has 7 heteroatoms. The van der Waals surface area contributed by atoms with Gasteiger partial charge < -0.3 is 4.98 Å². The highest BCUT2D eigenvalue weighted by Crippen LogP contribution is 2.08. The summed E-state index contributed by atoms with van der Waals surface area (Å²) in [7, 11) is -3.64. The Kier molecular flexibility index (Phi) is 3.87. The number of nitrogens with one attached hydrogen (secondary N) is 1. The molecule has 5 nitrogen and oxygen atoms in total. The summed E-state index contributed by atoms with van der Waals surface area (Å²) in [6.07, 6.45) is 2.52. The maximum atomic E-state index is 11.7. The van der Waals surface area contributed by atoms with Crippen LogP contribution >= 0.6 is 11.6 Å². The quantitative estimate of drug-likeness (QED) is 0.786. The van der Waals surface area contributed by atoms with Crippen molar-refractivity contribution < 1.29 is 8.42 Å². The Morgan fingerprint density at radius 2 is 2.27 bits per heavy atom. The second-order valence-corrected chi connectivity index (χ2v) is 5.52. The summed E-state index contributed by atoms with van der Waals surface area (Å²) in [4.78, 5) is 17.0. The third-order valence-corrected chi connectivity index (χ3v) is 4.15. The van der Waals surface area contributed by atoms with Gasteiger partial charge in [-0.1, -0.05) is 6.92 Å². The number of halogens is 1. The Hall–Kier alpha value is -0.880. The van der Waals surface area contributed by atoms with Gasteiger partial charge >= 0.3 is 0 Å². The second-order valence-electron chi connectivity index (χ2n) is 3.26. The molecule has 0 saturated carbocycles. The van der Waals surface area contributed by atoms with Crippen molar-refractivity contribution in [2.45, 2.75) is 11.9 Å². The molecular formula is C8H11ClN2O3S. The van der Waals surface area contributed by atoms with Gasteiger partial charge in [0.2, 0.25) is 14.9 Å². The molecule has 1 N–H and O–H groups in total. The van der Waals surface area contributed by atoms with Gasteiger partial charge in [-0.2, -0.15) is 0 Å². The van der Waals surface area contributed by atoms with Crippen molar-refractivity contribution in [1.29, 1.82) is 0 Å². The topological polar surface area (TPSA) is 79.9 Å². The van der Waals surface area contributed by atoms with Crippen molar-refractivity contribution in [2.24, 2.45) is 5.92 Å². The van der Waals surface area contributed by atoms with E-state index in [9.17, 15) is 13.2 Å². The summed E-state index contributed by atoms with van der Waals surface area (Å²) in [6, 6.07) is 0. The van der Waals surface area contributed by atoms with Crippen LogP contribution in [0.2, 0.25) is 0 Å². The number of alkyl halides is 1. The molecule has 0 spiro atoms. The lowest BCUT2D eigenvalue weighted by molar-refractivity contribution is 0.577. The third kappa shape index (κ3) is 3.04. The zero-order chi connectivity index (χ0) is 11.5. The molecule has 1 heterocycles. The lowest BCUT2D eigenvalue weighted by Crippen LogP contribution is -2.24. The van der Waals surface area contributed by atoms with Crippen molar-refractivity contribution in [3.8, 4) is 0 Å². The normalized spacial score (nSPS) is 13.7. The summed E-state index contributed by atoms with van der Waals surface area (Å²) in [5.74, 6) is -0.154. The first-order chi connectivity index (χ1) is 6.97. The Balaban J connectivity index is 3.08. The molecule has 1 aromatic rings. The van der Waals surface area contributed by atoms with Crippen LogP contribution in [-0.4, -0.2) is 30.0 Å². The van der Waals surface area contributed by atoms with Gasteiger partial charge in [0.05, 0.1) is 5.75 Å². The van der Waals surface area contributed by atoms with E-state index in [0.29, 0.717) is 0 Å². The van der Waals surface area contributed by atoms with Gasteiger partial charge in [0.25, 0.3) is 5.56 Å². The van der Waals surface area contributed by atoms with Crippen LogP contribution in [0.3, 0.4) is 0 Å². The summed E-state index contributed by atoms with van der Waals surface area (Å²) >= 11 is 5.51. The molecule has 0 aliphatic carbocycles. The number of H-pyrrole nitrogens is 1. The number of hydrogen-bond donors (Lipinski definition) is 1. The minimum atomic E-state index is -3.64. The van der Waals surface area contributed by atoms with Crippen LogP contribution < -0.4 is 5.56 Å². The van der Waals surface area contributed by atoms with Crippen LogP contribution in [0.4, 0.5) is 0 Å². The summed E-state index contributed by atoms with van der Waals surface area (Å²) in [5, 5.41) is -0.443. The number of nitrogens with zero attached hydrogens (tertiary/aromatic N) is 1. The summed E-state index contributed by atoms with van der Waals surface area (Å²) in [5.41, 5.74) is -0.695. The van der Waals surface area contributed by atoms with Crippen molar-refractivity contribution in [1.82, 2.24) is 9.97 Å². The molecule has 1 rings (SSSR count). The van der Waals surface area contributed by atoms with E-state index in [0.717, 1.165) is 0 Å². The SMILES string of the molecule is CC(CCl)CS(=O)(=O)c1ncc[nH]c1=O. The van der Waals surface area contributed by atoms with Crippen molar-refractivity contribution in [2.75, 3.05) is 11.6 Å². The first-order valence-corrected chi connectivity index (χ1v) is 6.48. The van der Waals surface area contributed by atoms with E-state index in [1.54, 1.807) is 6.92 Å². The molecule has 15 heavy (non-hydrogen) atoms. The fourth-order valence-electron chi connectivity index (χ4n) is 1.06.